The van der Waals surface area contributed by atoms with E-state index in [4.69, 9.17) is 9.47 Å². The van der Waals surface area contributed by atoms with E-state index in [0.717, 1.165) is 22.9 Å². The zero-order valence-electron chi connectivity index (χ0n) is 17.2. The number of benzene rings is 1. The van der Waals surface area contributed by atoms with Gasteiger partial charge in [0.15, 0.2) is 11.5 Å². The van der Waals surface area contributed by atoms with Crippen molar-refractivity contribution in [2.24, 2.45) is 7.05 Å². The molecule has 0 saturated heterocycles. The maximum Gasteiger partial charge on any atom is 0.433 e. The van der Waals surface area contributed by atoms with Crippen LogP contribution in [0, 0.1) is 6.92 Å². The Morgan fingerprint density at radius 2 is 1.87 bits per heavy atom. The second-order valence-electron chi connectivity index (χ2n) is 7.27. The minimum absolute atomic E-state index is 0.165. The summed E-state index contributed by atoms with van der Waals surface area (Å²) in [6.07, 6.45) is -2.29. The van der Waals surface area contributed by atoms with E-state index in [1.807, 2.05) is 31.4 Å². The maximum absolute atomic E-state index is 12.9. The van der Waals surface area contributed by atoms with Gasteiger partial charge in [-0.1, -0.05) is 0 Å². The van der Waals surface area contributed by atoms with Crippen LogP contribution in [0.2, 0.25) is 0 Å². The van der Waals surface area contributed by atoms with Gasteiger partial charge in [-0.2, -0.15) is 18.3 Å². The number of rotatable bonds is 6. The van der Waals surface area contributed by atoms with E-state index in [0.29, 0.717) is 43.5 Å². The van der Waals surface area contributed by atoms with Gasteiger partial charge in [0, 0.05) is 49.6 Å². The molecule has 0 bridgehead atoms. The summed E-state index contributed by atoms with van der Waals surface area (Å²) in [5.74, 6) is 1.56. The first-order valence-corrected chi connectivity index (χ1v) is 9.84. The second kappa shape index (κ2) is 8.54. The van der Waals surface area contributed by atoms with E-state index in [9.17, 15) is 13.2 Å². The molecule has 0 saturated carbocycles. The number of hydrogen-bond acceptors (Lipinski definition) is 6. The third kappa shape index (κ3) is 4.96. The maximum atomic E-state index is 12.9. The Morgan fingerprint density at radius 1 is 1.10 bits per heavy atom. The Hall–Kier alpha value is -3.14. The molecule has 1 aliphatic heterocycles. The molecule has 7 nitrogen and oxygen atoms in total. The van der Waals surface area contributed by atoms with Crippen LogP contribution in [0.4, 0.5) is 13.2 Å². The normalized spacial score (nSPS) is 13.5. The average Bonchev–Trinajstić information content (AvgIpc) is 3.10. The van der Waals surface area contributed by atoms with Crippen molar-refractivity contribution < 1.29 is 22.6 Å². The Bertz CT molecular complexity index is 1080. The Morgan fingerprint density at radius 3 is 2.65 bits per heavy atom. The van der Waals surface area contributed by atoms with Gasteiger partial charge in [-0.3, -0.25) is 4.68 Å². The summed E-state index contributed by atoms with van der Waals surface area (Å²) in [5.41, 5.74) is 2.05. The van der Waals surface area contributed by atoms with E-state index in [1.165, 1.54) is 6.92 Å². The summed E-state index contributed by atoms with van der Waals surface area (Å²) >= 11 is 0. The Labute approximate surface area is 177 Å². The lowest BCUT2D eigenvalue weighted by Crippen LogP contribution is -2.19. The first-order valence-electron chi connectivity index (χ1n) is 9.84. The molecule has 164 valence electrons. The third-order valence-corrected chi connectivity index (χ3v) is 4.75. The van der Waals surface area contributed by atoms with Gasteiger partial charge in [-0.15, -0.1) is 0 Å². The first kappa shape index (κ1) is 21.1. The van der Waals surface area contributed by atoms with Gasteiger partial charge in [0.2, 0.25) is 0 Å². The number of aromatic nitrogens is 4. The molecule has 31 heavy (non-hydrogen) atoms. The molecule has 1 aromatic carbocycles. The predicted octanol–water partition coefficient (Wildman–Crippen LogP) is 3.31. The SMILES string of the molecule is Cc1cc(C(F)(F)F)nc(CCNCc2cn(C)nc2-c2ccc3c(c2)OCCO3)n1. The summed E-state index contributed by atoms with van der Waals surface area (Å²) < 4.78 is 51.8. The molecule has 1 aliphatic rings. The molecule has 4 rings (SSSR count). The second-order valence-corrected chi connectivity index (χ2v) is 7.27. The van der Waals surface area contributed by atoms with E-state index in [2.05, 4.69) is 20.4 Å². The standard InChI is InChI=1S/C21H22F3N5O2/c1-13-9-18(21(22,23)24)27-19(26-13)5-6-25-11-15-12-29(2)28-20(15)14-3-4-16-17(10-14)31-8-7-30-16/h3-4,9-10,12,25H,5-8,11H2,1-2H3. The number of hydrogen-bond donors (Lipinski definition) is 1. The van der Waals surface area contributed by atoms with Crippen LogP contribution >= 0.6 is 0 Å². The fourth-order valence-electron chi connectivity index (χ4n) is 3.41. The summed E-state index contributed by atoms with van der Waals surface area (Å²) in [6.45, 7) is 3.49. The lowest BCUT2D eigenvalue weighted by molar-refractivity contribution is -0.141. The van der Waals surface area contributed by atoms with Gasteiger partial charge in [-0.25, -0.2) is 9.97 Å². The number of fused-ring (bicyclic) bond motifs is 1. The Balaban J connectivity index is 1.42. The molecule has 0 aliphatic carbocycles. The third-order valence-electron chi connectivity index (χ3n) is 4.75. The molecule has 0 spiro atoms. The summed E-state index contributed by atoms with van der Waals surface area (Å²) in [6, 6.07) is 6.65. The fourth-order valence-corrected chi connectivity index (χ4v) is 3.41. The highest BCUT2D eigenvalue weighted by atomic mass is 19.4. The average molecular weight is 433 g/mol. The highest BCUT2D eigenvalue weighted by molar-refractivity contribution is 5.66. The number of alkyl halides is 3. The smallest absolute Gasteiger partial charge is 0.433 e. The molecular formula is C21H22F3N5O2. The molecule has 3 aromatic rings. The number of nitrogens with one attached hydrogen (secondary N) is 1. The molecule has 0 fully saturated rings. The Kier molecular flexibility index (Phi) is 5.81. The van der Waals surface area contributed by atoms with Crippen LogP contribution in [0.5, 0.6) is 11.5 Å². The molecule has 0 radical (unpaired) electrons. The van der Waals surface area contributed by atoms with Crippen LogP contribution in [-0.4, -0.2) is 39.5 Å². The number of nitrogens with zero attached hydrogens (tertiary/aromatic N) is 4. The van der Waals surface area contributed by atoms with Crippen LogP contribution < -0.4 is 14.8 Å². The fraction of sp³-hybridized carbons (Fsp3) is 0.381. The first-order chi connectivity index (χ1) is 14.8. The van der Waals surface area contributed by atoms with Crippen LogP contribution in [0.15, 0.2) is 30.5 Å². The lowest BCUT2D eigenvalue weighted by Gasteiger charge is -2.18. The van der Waals surface area contributed by atoms with Gasteiger partial charge < -0.3 is 14.8 Å². The van der Waals surface area contributed by atoms with Crippen LogP contribution in [0.3, 0.4) is 0 Å². The minimum atomic E-state index is -4.48. The van der Waals surface area contributed by atoms with Crippen molar-refractivity contribution in [2.75, 3.05) is 19.8 Å². The van der Waals surface area contributed by atoms with Gasteiger partial charge in [0.1, 0.15) is 24.7 Å². The molecule has 0 atom stereocenters. The van der Waals surface area contributed by atoms with E-state index < -0.39 is 11.9 Å². The van der Waals surface area contributed by atoms with E-state index in [-0.39, 0.29) is 12.2 Å². The van der Waals surface area contributed by atoms with Crippen LogP contribution in [0.1, 0.15) is 22.8 Å². The molecule has 1 N–H and O–H groups in total. The van der Waals surface area contributed by atoms with Gasteiger partial charge in [0.05, 0.1) is 5.69 Å². The van der Waals surface area contributed by atoms with Crippen molar-refractivity contribution in [3.05, 3.63) is 53.2 Å². The van der Waals surface area contributed by atoms with Gasteiger partial charge in [-0.05, 0) is 31.2 Å². The van der Waals surface area contributed by atoms with E-state index in [1.54, 1.807) is 4.68 Å². The van der Waals surface area contributed by atoms with Crippen molar-refractivity contribution in [3.63, 3.8) is 0 Å². The van der Waals surface area contributed by atoms with Crippen molar-refractivity contribution in [2.45, 2.75) is 26.1 Å². The molecule has 10 heteroatoms. The highest BCUT2D eigenvalue weighted by Gasteiger charge is 2.33. The zero-order valence-corrected chi connectivity index (χ0v) is 17.2. The van der Waals surface area contributed by atoms with Crippen molar-refractivity contribution in [1.29, 1.82) is 0 Å². The zero-order chi connectivity index (χ0) is 22.0. The summed E-state index contributed by atoms with van der Waals surface area (Å²) in [7, 11) is 1.84. The van der Waals surface area contributed by atoms with Crippen molar-refractivity contribution in [3.8, 4) is 22.8 Å². The number of aryl methyl sites for hydroxylation is 2. The van der Waals surface area contributed by atoms with Gasteiger partial charge in [0.25, 0.3) is 0 Å². The molecular weight excluding hydrogens is 411 g/mol. The van der Waals surface area contributed by atoms with Crippen LogP contribution in [0.25, 0.3) is 11.3 Å². The summed E-state index contributed by atoms with van der Waals surface area (Å²) in [5, 5.41) is 7.79. The molecule has 0 unspecified atom stereocenters. The molecule has 3 heterocycles. The monoisotopic (exact) mass is 433 g/mol. The van der Waals surface area contributed by atoms with Crippen LogP contribution in [-0.2, 0) is 26.2 Å². The van der Waals surface area contributed by atoms with Gasteiger partial charge >= 0.3 is 6.18 Å². The lowest BCUT2D eigenvalue weighted by atomic mass is 10.1. The minimum Gasteiger partial charge on any atom is -0.486 e. The summed E-state index contributed by atoms with van der Waals surface area (Å²) in [4.78, 5) is 7.75. The predicted molar refractivity (Wildman–Crippen MR) is 107 cm³/mol. The van der Waals surface area contributed by atoms with E-state index >= 15 is 0 Å². The van der Waals surface area contributed by atoms with Crippen molar-refractivity contribution in [1.82, 2.24) is 25.1 Å². The van der Waals surface area contributed by atoms with Crippen molar-refractivity contribution >= 4 is 0 Å². The molecule has 2 aromatic heterocycles. The quantitative estimate of drug-likeness (QED) is 0.602. The highest BCUT2D eigenvalue weighted by Crippen LogP contribution is 2.35. The largest absolute Gasteiger partial charge is 0.486 e. The topological polar surface area (TPSA) is 74.1 Å². The molecule has 0 amide bonds. The number of ether oxygens (including phenoxy) is 2. The number of halogens is 3.